The van der Waals surface area contributed by atoms with E-state index in [2.05, 4.69) is 13.2 Å². The SMILES string of the molecule is C=C/C=C(/C=O)CC=C. The molecule has 0 N–H and O–H groups in total. The molecule has 0 atom stereocenters. The topological polar surface area (TPSA) is 17.1 Å². The number of aldehydes is 1. The van der Waals surface area contributed by atoms with Crippen LogP contribution in [0.1, 0.15) is 6.42 Å². The summed E-state index contributed by atoms with van der Waals surface area (Å²) in [6.07, 6.45) is 6.38. The first-order valence-corrected chi connectivity index (χ1v) is 2.72. The highest BCUT2D eigenvalue weighted by Gasteiger charge is 1.85. The van der Waals surface area contributed by atoms with E-state index >= 15 is 0 Å². The lowest BCUT2D eigenvalue weighted by molar-refractivity contribution is -0.104. The molecule has 0 heterocycles. The normalized spacial score (nSPS) is 10.4. The summed E-state index contributed by atoms with van der Waals surface area (Å²) in [7, 11) is 0. The molecule has 0 aromatic rings. The molecule has 9 heavy (non-hydrogen) atoms. The van der Waals surface area contributed by atoms with E-state index in [0.29, 0.717) is 12.0 Å². The summed E-state index contributed by atoms with van der Waals surface area (Å²) in [4.78, 5) is 10.1. The number of carbonyl (C=O) groups is 1. The zero-order valence-corrected chi connectivity index (χ0v) is 5.34. The largest absolute Gasteiger partial charge is 0.298 e. The maximum atomic E-state index is 10.1. The van der Waals surface area contributed by atoms with Gasteiger partial charge < -0.3 is 0 Å². The van der Waals surface area contributed by atoms with Gasteiger partial charge in [-0.15, -0.1) is 6.58 Å². The molecule has 0 saturated carbocycles. The average molecular weight is 122 g/mol. The molecule has 0 amide bonds. The quantitative estimate of drug-likeness (QED) is 0.241. The van der Waals surface area contributed by atoms with Crippen molar-refractivity contribution in [3.63, 3.8) is 0 Å². The van der Waals surface area contributed by atoms with Crippen LogP contribution in [0.2, 0.25) is 0 Å². The summed E-state index contributed by atoms with van der Waals surface area (Å²) in [6.45, 7) is 6.96. The molecule has 0 aromatic carbocycles. The van der Waals surface area contributed by atoms with Gasteiger partial charge in [0.25, 0.3) is 0 Å². The monoisotopic (exact) mass is 122 g/mol. The highest BCUT2D eigenvalue weighted by Crippen LogP contribution is 1.96. The van der Waals surface area contributed by atoms with Gasteiger partial charge >= 0.3 is 0 Å². The van der Waals surface area contributed by atoms with Crippen molar-refractivity contribution in [2.24, 2.45) is 0 Å². The first-order chi connectivity index (χ1) is 4.35. The van der Waals surface area contributed by atoms with Crippen molar-refractivity contribution < 1.29 is 4.79 Å². The minimum absolute atomic E-state index is 0.621. The first-order valence-electron chi connectivity index (χ1n) is 2.72. The van der Waals surface area contributed by atoms with Gasteiger partial charge in [0.2, 0.25) is 0 Å². The Morgan fingerprint density at radius 1 is 1.44 bits per heavy atom. The summed E-state index contributed by atoms with van der Waals surface area (Å²) < 4.78 is 0. The molecular formula is C8H10O. The Bertz CT molecular complexity index is 143. The van der Waals surface area contributed by atoms with Crippen LogP contribution in [0.25, 0.3) is 0 Å². The van der Waals surface area contributed by atoms with Gasteiger partial charge in [-0.05, 0) is 12.0 Å². The zero-order chi connectivity index (χ0) is 7.11. The standard InChI is InChI=1S/C8H10O/c1-3-5-8(7-9)6-4-2/h3-5,7H,1-2,6H2/b8-5+. The summed E-state index contributed by atoms with van der Waals surface area (Å²) in [5, 5.41) is 0. The fourth-order valence-corrected chi connectivity index (χ4v) is 0.473. The summed E-state index contributed by atoms with van der Waals surface area (Å²) in [6, 6.07) is 0. The van der Waals surface area contributed by atoms with Crippen LogP contribution in [0.3, 0.4) is 0 Å². The fraction of sp³-hybridized carbons (Fsp3) is 0.125. The fourth-order valence-electron chi connectivity index (χ4n) is 0.473. The van der Waals surface area contributed by atoms with Crippen LogP contribution in [-0.4, -0.2) is 6.29 Å². The molecule has 1 heteroatoms. The van der Waals surface area contributed by atoms with E-state index in [4.69, 9.17) is 0 Å². The van der Waals surface area contributed by atoms with Crippen LogP contribution in [0.5, 0.6) is 0 Å². The van der Waals surface area contributed by atoms with Gasteiger partial charge in [-0.25, -0.2) is 0 Å². The van der Waals surface area contributed by atoms with Gasteiger partial charge in [-0.3, -0.25) is 4.79 Å². The molecule has 0 aliphatic heterocycles. The lowest BCUT2D eigenvalue weighted by Crippen LogP contribution is -1.79. The molecule has 0 aliphatic carbocycles. The molecule has 48 valence electrons. The summed E-state index contributed by atoms with van der Waals surface area (Å²) >= 11 is 0. The average Bonchev–Trinajstić information content (AvgIpc) is 1.88. The maximum absolute atomic E-state index is 10.1. The van der Waals surface area contributed by atoms with E-state index in [9.17, 15) is 4.79 Å². The van der Waals surface area contributed by atoms with Crippen molar-refractivity contribution in [1.29, 1.82) is 0 Å². The van der Waals surface area contributed by atoms with Crippen LogP contribution in [0.4, 0.5) is 0 Å². The van der Waals surface area contributed by atoms with E-state index in [1.165, 1.54) is 0 Å². The second kappa shape index (κ2) is 5.04. The Morgan fingerprint density at radius 2 is 2.11 bits per heavy atom. The molecular weight excluding hydrogens is 112 g/mol. The lowest BCUT2D eigenvalue weighted by Gasteiger charge is -1.87. The van der Waals surface area contributed by atoms with Crippen LogP contribution in [0, 0.1) is 0 Å². The third-order valence-electron chi connectivity index (χ3n) is 0.863. The van der Waals surface area contributed by atoms with Gasteiger partial charge in [0.05, 0.1) is 0 Å². The Hall–Kier alpha value is -1.11. The molecule has 0 bridgehead atoms. The number of hydrogen-bond donors (Lipinski definition) is 0. The number of rotatable bonds is 4. The van der Waals surface area contributed by atoms with Crippen molar-refractivity contribution in [3.8, 4) is 0 Å². The first kappa shape index (κ1) is 7.89. The Kier molecular flexibility index (Phi) is 4.41. The van der Waals surface area contributed by atoms with Gasteiger partial charge in [0.15, 0.2) is 0 Å². The van der Waals surface area contributed by atoms with Crippen molar-refractivity contribution in [1.82, 2.24) is 0 Å². The summed E-state index contributed by atoms with van der Waals surface area (Å²) in [5.41, 5.74) is 0.708. The van der Waals surface area contributed by atoms with Crippen molar-refractivity contribution in [2.45, 2.75) is 6.42 Å². The number of allylic oxidation sites excluding steroid dienone is 4. The predicted molar refractivity (Wildman–Crippen MR) is 39.2 cm³/mol. The van der Waals surface area contributed by atoms with E-state index in [1.807, 2.05) is 0 Å². The van der Waals surface area contributed by atoms with E-state index in [-0.39, 0.29) is 0 Å². The van der Waals surface area contributed by atoms with Gasteiger partial charge in [0, 0.05) is 0 Å². The van der Waals surface area contributed by atoms with Crippen LogP contribution in [0.15, 0.2) is 37.0 Å². The van der Waals surface area contributed by atoms with Crippen LogP contribution >= 0.6 is 0 Å². The highest BCUT2D eigenvalue weighted by molar-refractivity contribution is 5.74. The van der Waals surface area contributed by atoms with Crippen LogP contribution < -0.4 is 0 Å². The van der Waals surface area contributed by atoms with Gasteiger partial charge in [0.1, 0.15) is 6.29 Å². The maximum Gasteiger partial charge on any atom is 0.146 e. The summed E-state index contributed by atoms with van der Waals surface area (Å²) in [5.74, 6) is 0. The number of hydrogen-bond acceptors (Lipinski definition) is 1. The second-order valence-corrected chi connectivity index (χ2v) is 1.59. The molecule has 0 radical (unpaired) electrons. The zero-order valence-electron chi connectivity index (χ0n) is 5.34. The number of carbonyl (C=O) groups excluding carboxylic acids is 1. The molecule has 0 saturated heterocycles. The Morgan fingerprint density at radius 3 is 2.44 bits per heavy atom. The van der Waals surface area contributed by atoms with Crippen molar-refractivity contribution >= 4 is 6.29 Å². The molecule has 0 spiro atoms. The molecule has 0 aromatic heterocycles. The van der Waals surface area contributed by atoms with E-state index in [1.54, 1.807) is 18.2 Å². The molecule has 0 rings (SSSR count). The van der Waals surface area contributed by atoms with Crippen LogP contribution in [-0.2, 0) is 4.79 Å². The highest BCUT2D eigenvalue weighted by atomic mass is 16.1. The third-order valence-corrected chi connectivity index (χ3v) is 0.863. The van der Waals surface area contributed by atoms with Crippen molar-refractivity contribution in [3.05, 3.63) is 37.0 Å². The van der Waals surface area contributed by atoms with E-state index in [0.717, 1.165) is 6.29 Å². The van der Waals surface area contributed by atoms with Gasteiger partial charge in [-0.1, -0.05) is 24.8 Å². The molecule has 0 fully saturated rings. The minimum atomic E-state index is 0.621. The lowest BCUT2D eigenvalue weighted by atomic mass is 10.2. The second-order valence-electron chi connectivity index (χ2n) is 1.59. The van der Waals surface area contributed by atoms with Crippen molar-refractivity contribution in [2.75, 3.05) is 0 Å². The predicted octanol–water partition coefficient (Wildman–Crippen LogP) is 1.87. The smallest absolute Gasteiger partial charge is 0.146 e. The molecule has 0 unspecified atom stereocenters. The van der Waals surface area contributed by atoms with E-state index < -0.39 is 0 Å². The van der Waals surface area contributed by atoms with Gasteiger partial charge in [-0.2, -0.15) is 0 Å². The molecule has 0 aliphatic rings. The Balaban J connectivity index is 3.95. The minimum Gasteiger partial charge on any atom is -0.298 e. The molecule has 1 nitrogen and oxygen atoms in total. The third kappa shape index (κ3) is 3.47. The Labute approximate surface area is 55.4 Å².